The van der Waals surface area contributed by atoms with Gasteiger partial charge in [-0.3, -0.25) is 0 Å². The van der Waals surface area contributed by atoms with Gasteiger partial charge in [0, 0.05) is 14.7 Å². The van der Waals surface area contributed by atoms with Crippen LogP contribution in [-0.2, 0) is 0 Å². The zero-order valence-corrected chi connectivity index (χ0v) is 12.8. The molecular weight excluding hydrogens is 346 g/mol. The summed E-state index contributed by atoms with van der Waals surface area (Å²) in [6.07, 6.45) is -0.767. The fourth-order valence-electron chi connectivity index (χ4n) is 1.91. The third kappa shape index (κ3) is 2.54. The van der Waals surface area contributed by atoms with Gasteiger partial charge in [-0.2, -0.15) is 0 Å². The Morgan fingerprint density at radius 1 is 1.21 bits per heavy atom. The summed E-state index contributed by atoms with van der Waals surface area (Å²) >= 11 is 10.7. The summed E-state index contributed by atoms with van der Waals surface area (Å²) in [5.41, 5.74) is 1.47. The fourth-order valence-corrected chi connectivity index (χ4v) is 3.51. The van der Waals surface area contributed by atoms with E-state index >= 15 is 0 Å². The number of halogens is 2. The van der Waals surface area contributed by atoms with Gasteiger partial charge < -0.3 is 5.11 Å². The van der Waals surface area contributed by atoms with Crippen LogP contribution in [-0.4, -0.2) is 10.1 Å². The van der Waals surface area contributed by atoms with Crippen molar-refractivity contribution in [2.45, 2.75) is 6.10 Å². The Balaban J connectivity index is 2.11. The molecule has 0 amide bonds. The predicted molar refractivity (Wildman–Crippen MR) is 82.8 cm³/mol. The summed E-state index contributed by atoms with van der Waals surface area (Å²) in [5.74, 6) is 0. The zero-order chi connectivity index (χ0) is 13.4. The summed E-state index contributed by atoms with van der Waals surface area (Å²) in [4.78, 5) is 5.31. The molecule has 2 nitrogen and oxygen atoms in total. The summed E-state index contributed by atoms with van der Waals surface area (Å²) in [6, 6.07) is 13.4. The first-order valence-electron chi connectivity index (χ1n) is 5.63. The number of aromatic nitrogens is 1. The SMILES string of the molecule is OC(c1ccc(Cl)s1)c1nc2ccccc2cc1Br. The number of para-hydroxylation sites is 1. The number of pyridine rings is 1. The monoisotopic (exact) mass is 353 g/mol. The predicted octanol–water partition coefficient (Wildman–Crippen LogP) is 4.79. The van der Waals surface area contributed by atoms with E-state index in [-0.39, 0.29) is 0 Å². The maximum Gasteiger partial charge on any atom is 0.131 e. The maximum atomic E-state index is 10.4. The Morgan fingerprint density at radius 2 is 2.00 bits per heavy atom. The lowest BCUT2D eigenvalue weighted by atomic mass is 10.1. The van der Waals surface area contributed by atoms with Crippen molar-refractivity contribution in [1.29, 1.82) is 0 Å². The van der Waals surface area contributed by atoms with Crippen molar-refractivity contribution in [2.24, 2.45) is 0 Å². The van der Waals surface area contributed by atoms with Crippen molar-refractivity contribution in [3.8, 4) is 0 Å². The Kier molecular flexibility index (Phi) is 3.58. The molecule has 3 rings (SSSR count). The molecule has 0 saturated heterocycles. The number of aliphatic hydroxyl groups is 1. The van der Waals surface area contributed by atoms with Crippen molar-refractivity contribution < 1.29 is 5.11 Å². The van der Waals surface area contributed by atoms with Gasteiger partial charge in [0.2, 0.25) is 0 Å². The fraction of sp³-hybridized carbons (Fsp3) is 0.0714. The van der Waals surface area contributed by atoms with E-state index in [1.807, 2.05) is 36.4 Å². The molecule has 1 N–H and O–H groups in total. The second kappa shape index (κ2) is 5.21. The van der Waals surface area contributed by atoms with Crippen LogP contribution < -0.4 is 0 Å². The topological polar surface area (TPSA) is 33.1 Å². The van der Waals surface area contributed by atoms with E-state index in [1.165, 1.54) is 11.3 Å². The highest BCUT2D eigenvalue weighted by Crippen LogP contribution is 2.34. The normalized spacial score (nSPS) is 12.8. The molecule has 0 spiro atoms. The van der Waals surface area contributed by atoms with Gasteiger partial charge >= 0.3 is 0 Å². The summed E-state index contributed by atoms with van der Waals surface area (Å²) in [5, 5.41) is 11.4. The van der Waals surface area contributed by atoms with Crippen molar-refractivity contribution in [1.82, 2.24) is 4.98 Å². The van der Waals surface area contributed by atoms with E-state index in [0.717, 1.165) is 20.3 Å². The first-order valence-corrected chi connectivity index (χ1v) is 7.62. The molecule has 96 valence electrons. The van der Waals surface area contributed by atoms with Crippen LogP contribution in [0.25, 0.3) is 10.9 Å². The lowest BCUT2D eigenvalue weighted by molar-refractivity contribution is 0.219. The van der Waals surface area contributed by atoms with Crippen molar-refractivity contribution in [2.75, 3.05) is 0 Å². The van der Waals surface area contributed by atoms with E-state index < -0.39 is 6.10 Å². The molecule has 1 unspecified atom stereocenters. The van der Waals surface area contributed by atoms with E-state index in [2.05, 4.69) is 20.9 Å². The third-order valence-corrected chi connectivity index (χ3v) is 4.75. The summed E-state index contributed by atoms with van der Waals surface area (Å²) in [7, 11) is 0. The van der Waals surface area contributed by atoms with Crippen LogP contribution in [0.5, 0.6) is 0 Å². The molecule has 0 aliphatic heterocycles. The number of nitrogens with zero attached hydrogens (tertiary/aromatic N) is 1. The van der Waals surface area contributed by atoms with Gasteiger partial charge in [-0.05, 0) is 40.2 Å². The molecule has 2 aromatic heterocycles. The van der Waals surface area contributed by atoms with Crippen molar-refractivity contribution in [3.05, 3.63) is 61.8 Å². The Hall–Kier alpha value is -0.940. The Bertz CT molecular complexity index is 743. The molecule has 19 heavy (non-hydrogen) atoms. The lowest BCUT2D eigenvalue weighted by Crippen LogP contribution is -2.02. The van der Waals surface area contributed by atoms with Gasteiger partial charge in [-0.15, -0.1) is 11.3 Å². The molecule has 1 atom stereocenters. The molecule has 2 heterocycles. The first-order chi connectivity index (χ1) is 9.15. The molecule has 0 saturated carbocycles. The van der Waals surface area contributed by atoms with Crippen molar-refractivity contribution in [3.63, 3.8) is 0 Å². The molecule has 0 radical (unpaired) electrons. The highest BCUT2D eigenvalue weighted by atomic mass is 79.9. The zero-order valence-electron chi connectivity index (χ0n) is 9.68. The van der Waals surface area contributed by atoms with Gasteiger partial charge in [0.05, 0.1) is 15.5 Å². The van der Waals surface area contributed by atoms with E-state index in [0.29, 0.717) is 10.0 Å². The minimum absolute atomic E-state index is 0.609. The van der Waals surface area contributed by atoms with E-state index in [9.17, 15) is 5.11 Å². The first kappa shape index (κ1) is 13.1. The molecule has 5 heteroatoms. The number of thiophene rings is 1. The largest absolute Gasteiger partial charge is 0.381 e. The lowest BCUT2D eigenvalue weighted by Gasteiger charge is -2.11. The van der Waals surface area contributed by atoms with Gasteiger partial charge in [0.25, 0.3) is 0 Å². The number of fused-ring (bicyclic) bond motifs is 1. The highest BCUT2D eigenvalue weighted by Gasteiger charge is 2.18. The Morgan fingerprint density at radius 3 is 2.74 bits per heavy atom. The van der Waals surface area contributed by atoms with Gasteiger partial charge in [-0.1, -0.05) is 29.8 Å². The number of hydrogen-bond acceptors (Lipinski definition) is 3. The minimum Gasteiger partial charge on any atom is -0.381 e. The minimum atomic E-state index is -0.767. The second-order valence-corrected chi connectivity index (χ2v) is 6.69. The standard InChI is InChI=1S/C14H9BrClNOS/c15-9-7-8-3-1-2-4-10(8)17-13(9)14(18)11-5-6-12(16)19-11/h1-7,14,18H. The molecule has 1 aromatic carbocycles. The van der Waals surface area contributed by atoms with Crippen LogP contribution in [0.15, 0.2) is 46.9 Å². The summed E-state index contributed by atoms with van der Waals surface area (Å²) < 4.78 is 1.45. The average Bonchev–Trinajstić information content (AvgIpc) is 2.84. The maximum absolute atomic E-state index is 10.4. The Labute approximate surface area is 127 Å². The smallest absolute Gasteiger partial charge is 0.131 e. The van der Waals surface area contributed by atoms with Crippen LogP contribution in [0.4, 0.5) is 0 Å². The second-order valence-electron chi connectivity index (χ2n) is 4.09. The van der Waals surface area contributed by atoms with E-state index in [4.69, 9.17) is 11.6 Å². The van der Waals surface area contributed by atoms with Crippen molar-refractivity contribution >= 4 is 49.8 Å². The quantitative estimate of drug-likeness (QED) is 0.717. The highest BCUT2D eigenvalue weighted by molar-refractivity contribution is 9.10. The number of rotatable bonds is 2. The molecule has 0 aliphatic carbocycles. The van der Waals surface area contributed by atoms with Gasteiger partial charge in [0.1, 0.15) is 6.10 Å². The van der Waals surface area contributed by atoms with Gasteiger partial charge in [0.15, 0.2) is 0 Å². The average molecular weight is 355 g/mol. The molecule has 3 aromatic rings. The number of aliphatic hydroxyl groups excluding tert-OH is 1. The van der Waals surface area contributed by atoms with E-state index in [1.54, 1.807) is 6.07 Å². The van der Waals surface area contributed by atoms with Crippen LogP contribution in [0.2, 0.25) is 4.34 Å². The molecule has 0 aliphatic rings. The molecule has 0 bridgehead atoms. The number of benzene rings is 1. The van der Waals surface area contributed by atoms with Crippen LogP contribution in [0, 0.1) is 0 Å². The molecule has 0 fully saturated rings. The molecular formula is C14H9BrClNOS. The van der Waals surface area contributed by atoms with Crippen LogP contribution in [0.1, 0.15) is 16.7 Å². The summed E-state index contributed by atoms with van der Waals surface area (Å²) in [6.45, 7) is 0. The third-order valence-electron chi connectivity index (χ3n) is 2.83. The number of hydrogen-bond donors (Lipinski definition) is 1. The van der Waals surface area contributed by atoms with Crippen LogP contribution >= 0.6 is 38.9 Å². The van der Waals surface area contributed by atoms with Crippen LogP contribution in [0.3, 0.4) is 0 Å². The van der Waals surface area contributed by atoms with Gasteiger partial charge in [-0.25, -0.2) is 4.98 Å².